The smallest absolute Gasteiger partial charge is 0.252 e. The van der Waals surface area contributed by atoms with Gasteiger partial charge in [-0.2, -0.15) is 0 Å². The molecule has 3 heterocycles. The van der Waals surface area contributed by atoms with Crippen molar-refractivity contribution in [2.24, 2.45) is 11.3 Å². The molecule has 2 aromatic rings. The predicted molar refractivity (Wildman–Crippen MR) is 146 cm³/mol. The summed E-state index contributed by atoms with van der Waals surface area (Å²) < 4.78 is 19.4. The van der Waals surface area contributed by atoms with Gasteiger partial charge in [-0.15, -0.1) is 0 Å². The van der Waals surface area contributed by atoms with Gasteiger partial charge < -0.3 is 19.1 Å². The normalized spacial score (nSPS) is 35.2. The Morgan fingerprint density at radius 1 is 1.18 bits per heavy atom. The van der Waals surface area contributed by atoms with E-state index < -0.39 is 5.60 Å². The van der Waals surface area contributed by atoms with Gasteiger partial charge in [0.25, 0.3) is 5.91 Å². The zero-order valence-electron chi connectivity index (χ0n) is 23.1. The van der Waals surface area contributed by atoms with E-state index in [1.807, 2.05) is 25.2 Å². The largest absolute Gasteiger partial charge is 0.493 e. The van der Waals surface area contributed by atoms with Crippen LogP contribution in [0.2, 0.25) is 0 Å². The van der Waals surface area contributed by atoms with E-state index in [-0.39, 0.29) is 22.8 Å². The highest BCUT2D eigenvalue weighted by atomic mass is 16.6. The lowest BCUT2D eigenvalue weighted by molar-refractivity contribution is -0.198. The number of pyridine rings is 1. The van der Waals surface area contributed by atoms with E-state index in [2.05, 4.69) is 28.1 Å². The summed E-state index contributed by atoms with van der Waals surface area (Å²) in [5.74, 6) is 2.50. The summed E-state index contributed by atoms with van der Waals surface area (Å²) in [6, 6.07) is 10.5. The fraction of sp³-hybridized carbons (Fsp3) is 0.562. The first-order chi connectivity index (χ1) is 19.0. The molecule has 1 aromatic carbocycles. The molecule has 3 fully saturated rings. The van der Waals surface area contributed by atoms with Crippen molar-refractivity contribution in [1.29, 1.82) is 0 Å². The number of hydrogen-bond donors (Lipinski definition) is 0. The van der Waals surface area contributed by atoms with Crippen LogP contribution in [0.4, 0.5) is 0 Å². The topological polar surface area (TPSA) is 64.1 Å². The first kappa shape index (κ1) is 23.9. The van der Waals surface area contributed by atoms with Gasteiger partial charge in [0.15, 0.2) is 11.5 Å². The molecule has 7 heteroatoms. The second-order valence-electron chi connectivity index (χ2n) is 12.7. The molecule has 0 radical (unpaired) electrons. The molecule has 39 heavy (non-hydrogen) atoms. The van der Waals surface area contributed by atoms with Gasteiger partial charge in [-0.1, -0.05) is 18.2 Å². The monoisotopic (exact) mass is 527 g/mol. The number of likely N-dealkylation sites (tertiary alicyclic amines) is 1. The van der Waals surface area contributed by atoms with Crippen LogP contribution >= 0.6 is 0 Å². The molecule has 0 N–H and O–H groups in total. The molecule has 7 nitrogen and oxygen atoms in total. The molecule has 2 aliphatic heterocycles. The Morgan fingerprint density at radius 3 is 2.79 bits per heavy atom. The number of carbonyl (C=O) groups is 1. The fourth-order valence-corrected chi connectivity index (χ4v) is 9.26. The standard InChI is InChI=1S/C32H37N3O4/c1-34(19-22-6-4-5-14-33-22)28(36)23-17-30-11-12-32(23,38-3)29-31(30)13-15-35(18-20-7-8-20)25(30)16-21-9-10-24(37-2)27(39-29)26(21)31/h4-6,9-10,14,17,20,25,29H,7-8,11-13,15-16,18-19H2,1-3H3/t25-,29-,30-,31+,32-/m1/s1. The molecule has 1 amide bonds. The number of rotatable bonds is 7. The number of likely N-dealkylation sites (N-methyl/N-ethyl adjacent to an activating group) is 1. The van der Waals surface area contributed by atoms with E-state index in [1.165, 1.54) is 30.5 Å². The van der Waals surface area contributed by atoms with Crippen LogP contribution in [0.5, 0.6) is 11.5 Å². The minimum Gasteiger partial charge on any atom is -0.493 e. The van der Waals surface area contributed by atoms with Crippen LogP contribution in [0.25, 0.3) is 0 Å². The van der Waals surface area contributed by atoms with Gasteiger partial charge in [0.05, 0.1) is 24.8 Å². The zero-order chi connectivity index (χ0) is 26.6. The Labute approximate surface area is 230 Å². The first-order valence-corrected chi connectivity index (χ1v) is 14.5. The fourth-order valence-electron chi connectivity index (χ4n) is 9.26. The van der Waals surface area contributed by atoms with Gasteiger partial charge in [0, 0.05) is 49.5 Å². The molecular weight excluding hydrogens is 490 g/mol. The van der Waals surface area contributed by atoms with Gasteiger partial charge >= 0.3 is 0 Å². The lowest BCUT2D eigenvalue weighted by Crippen LogP contribution is -2.78. The Balaban J connectivity index is 1.30. The van der Waals surface area contributed by atoms with Crippen LogP contribution < -0.4 is 9.47 Å². The number of carbonyl (C=O) groups excluding carboxylic acids is 1. The Morgan fingerprint density at radius 2 is 2.05 bits per heavy atom. The molecular formula is C32H37N3O4. The second-order valence-corrected chi connectivity index (χ2v) is 12.7. The summed E-state index contributed by atoms with van der Waals surface area (Å²) in [7, 11) is 5.37. The highest BCUT2D eigenvalue weighted by molar-refractivity contribution is 5.97. The van der Waals surface area contributed by atoms with Crippen molar-refractivity contribution >= 4 is 5.91 Å². The van der Waals surface area contributed by atoms with Crippen LogP contribution in [0.3, 0.4) is 0 Å². The highest BCUT2D eigenvalue weighted by Gasteiger charge is 2.79. The number of aromatic nitrogens is 1. The van der Waals surface area contributed by atoms with E-state index >= 15 is 0 Å². The van der Waals surface area contributed by atoms with Crippen LogP contribution in [0.1, 0.15) is 48.9 Å². The lowest BCUT2D eigenvalue weighted by Gasteiger charge is -2.70. The third-order valence-corrected chi connectivity index (χ3v) is 11.1. The lowest BCUT2D eigenvalue weighted by atomic mass is 9.37. The van der Waals surface area contributed by atoms with Crippen molar-refractivity contribution in [3.8, 4) is 11.5 Å². The second kappa shape index (κ2) is 8.07. The van der Waals surface area contributed by atoms with E-state index in [0.717, 1.165) is 60.9 Å². The number of methoxy groups -OCH3 is 2. The van der Waals surface area contributed by atoms with Gasteiger partial charge in [-0.05, 0) is 74.8 Å². The molecule has 0 unspecified atom stereocenters. The number of amides is 1. The Bertz CT molecular complexity index is 1390. The van der Waals surface area contributed by atoms with Crippen LogP contribution in [0.15, 0.2) is 48.2 Å². The van der Waals surface area contributed by atoms with E-state index in [1.54, 1.807) is 25.3 Å². The number of hydrogen-bond acceptors (Lipinski definition) is 6. The summed E-state index contributed by atoms with van der Waals surface area (Å²) in [6.07, 6.45) is 10.4. The molecule has 204 valence electrons. The molecule has 4 bridgehead atoms. The minimum atomic E-state index is -0.806. The summed E-state index contributed by atoms with van der Waals surface area (Å²) in [4.78, 5) is 23.4. The molecule has 5 aliphatic carbocycles. The summed E-state index contributed by atoms with van der Waals surface area (Å²) in [5.41, 5.74) is 3.17. The third-order valence-electron chi connectivity index (χ3n) is 11.1. The molecule has 1 saturated heterocycles. The number of nitrogens with zero attached hydrogens (tertiary/aromatic N) is 3. The molecule has 5 atom stereocenters. The van der Waals surface area contributed by atoms with Crippen molar-refractivity contribution in [3.63, 3.8) is 0 Å². The number of ether oxygens (including phenoxy) is 3. The summed E-state index contributed by atoms with van der Waals surface area (Å²) in [6.45, 7) is 2.68. The van der Waals surface area contributed by atoms with Crippen molar-refractivity contribution in [3.05, 3.63) is 65.0 Å². The van der Waals surface area contributed by atoms with E-state index in [4.69, 9.17) is 14.2 Å². The minimum absolute atomic E-state index is 0.0144. The van der Waals surface area contributed by atoms with E-state index in [0.29, 0.717) is 12.6 Å². The number of fused-ring (bicyclic) bond motifs is 1. The SMILES string of the molecule is COc1ccc2c3c1O[C@@H]1[C@]34CCN(CC3CC3)[C@H](C2)[C@@]42C=C(C(=O)N(C)Cc3ccccn3)[C@]1(OC)CC2. The van der Waals surface area contributed by atoms with Crippen molar-refractivity contribution in [1.82, 2.24) is 14.8 Å². The average Bonchev–Trinajstić information content (AvgIpc) is 3.71. The highest BCUT2D eigenvalue weighted by Crippen LogP contribution is 2.75. The Kier molecular flexibility index (Phi) is 4.96. The maximum Gasteiger partial charge on any atom is 0.252 e. The van der Waals surface area contributed by atoms with Crippen LogP contribution in [0, 0.1) is 11.3 Å². The average molecular weight is 528 g/mol. The Hall–Kier alpha value is -2.90. The van der Waals surface area contributed by atoms with Gasteiger partial charge in [0.1, 0.15) is 11.7 Å². The zero-order valence-corrected chi connectivity index (χ0v) is 23.1. The molecule has 2 saturated carbocycles. The van der Waals surface area contributed by atoms with Gasteiger partial charge in [-0.25, -0.2) is 0 Å². The predicted octanol–water partition coefficient (Wildman–Crippen LogP) is 3.89. The van der Waals surface area contributed by atoms with Gasteiger partial charge in [-0.3, -0.25) is 14.7 Å². The van der Waals surface area contributed by atoms with Crippen molar-refractivity contribution in [2.45, 2.75) is 68.2 Å². The molecule has 2 spiro atoms. The molecule has 1 aromatic heterocycles. The summed E-state index contributed by atoms with van der Waals surface area (Å²) >= 11 is 0. The first-order valence-electron chi connectivity index (χ1n) is 14.5. The molecule has 9 rings (SSSR count). The maximum atomic E-state index is 14.4. The van der Waals surface area contributed by atoms with Crippen molar-refractivity contribution in [2.75, 3.05) is 34.4 Å². The molecule has 7 aliphatic rings. The quantitative estimate of drug-likeness (QED) is 0.545. The van der Waals surface area contributed by atoms with Crippen LogP contribution in [-0.2, 0) is 27.9 Å². The number of piperidine rings is 1. The van der Waals surface area contributed by atoms with Crippen molar-refractivity contribution < 1.29 is 19.0 Å². The maximum absolute atomic E-state index is 14.4. The van der Waals surface area contributed by atoms with Crippen LogP contribution in [-0.4, -0.2) is 72.8 Å². The van der Waals surface area contributed by atoms with E-state index in [9.17, 15) is 4.79 Å². The summed E-state index contributed by atoms with van der Waals surface area (Å²) in [5, 5.41) is 0. The van der Waals surface area contributed by atoms with Gasteiger partial charge in [0.2, 0.25) is 0 Å². The third kappa shape index (κ3) is 2.90. The number of benzene rings is 1.